The first-order valence-electron chi connectivity index (χ1n) is 3.54. The van der Waals surface area contributed by atoms with Gasteiger partial charge in [-0.2, -0.15) is 0 Å². The lowest BCUT2D eigenvalue weighted by Crippen LogP contribution is -1.94. The Kier molecular flexibility index (Phi) is 1.55. The molecule has 0 atom stereocenters. The predicted octanol–water partition coefficient (Wildman–Crippen LogP) is 0.613. The number of rotatable bonds is 1. The monoisotopic (exact) mass is 168 g/mol. The Bertz CT molecular complexity index is 308. The Hall–Kier alpha value is -1.42. The predicted molar refractivity (Wildman–Crippen MR) is 40.2 cm³/mol. The molecule has 0 radical (unpaired) electrons. The molecule has 2 N–H and O–H groups in total. The largest absolute Gasteiger partial charge is 0.507 e. The minimum absolute atomic E-state index is 0.0294. The quantitative estimate of drug-likeness (QED) is 0.645. The van der Waals surface area contributed by atoms with Crippen LogP contribution in [0.15, 0.2) is 12.1 Å². The fraction of sp³-hybridized carbons (Fsp3) is 0.250. The summed E-state index contributed by atoms with van der Waals surface area (Å²) in [6.07, 6.45) is 0. The smallest absolute Gasteiger partial charge is 0.231 e. The van der Waals surface area contributed by atoms with E-state index in [0.29, 0.717) is 17.1 Å². The van der Waals surface area contributed by atoms with Crippen molar-refractivity contribution in [2.24, 2.45) is 0 Å². The van der Waals surface area contributed by atoms with Gasteiger partial charge in [0.05, 0.1) is 12.2 Å². The van der Waals surface area contributed by atoms with Gasteiger partial charge in [0.2, 0.25) is 6.79 Å². The zero-order valence-electron chi connectivity index (χ0n) is 6.28. The standard InChI is InChI=1S/C8H8O4/c9-3-5-6(10)1-2-7-8(5)12-4-11-7/h1-2,9-10H,3-4H2. The Morgan fingerprint density at radius 1 is 1.33 bits per heavy atom. The fourth-order valence-corrected chi connectivity index (χ4v) is 1.17. The summed E-state index contributed by atoms with van der Waals surface area (Å²) in [4.78, 5) is 0. The van der Waals surface area contributed by atoms with E-state index in [0.717, 1.165) is 0 Å². The van der Waals surface area contributed by atoms with Crippen molar-refractivity contribution in [3.63, 3.8) is 0 Å². The van der Waals surface area contributed by atoms with Gasteiger partial charge in [-0.25, -0.2) is 0 Å². The van der Waals surface area contributed by atoms with Crippen LogP contribution in [0.25, 0.3) is 0 Å². The molecule has 0 aliphatic carbocycles. The molecule has 4 heteroatoms. The van der Waals surface area contributed by atoms with Gasteiger partial charge in [0.25, 0.3) is 0 Å². The van der Waals surface area contributed by atoms with Crippen LogP contribution in [0.1, 0.15) is 5.56 Å². The Labute approximate surface area is 69.0 Å². The summed E-state index contributed by atoms with van der Waals surface area (Å²) < 4.78 is 10.1. The number of hydrogen-bond acceptors (Lipinski definition) is 4. The molecule has 1 aliphatic rings. The molecule has 2 rings (SSSR count). The number of phenols is 1. The van der Waals surface area contributed by atoms with Crippen molar-refractivity contribution < 1.29 is 19.7 Å². The van der Waals surface area contributed by atoms with Crippen LogP contribution in [-0.2, 0) is 6.61 Å². The van der Waals surface area contributed by atoms with Crippen LogP contribution in [0.4, 0.5) is 0 Å². The van der Waals surface area contributed by atoms with Crippen molar-refractivity contribution in [1.82, 2.24) is 0 Å². The number of hydrogen-bond donors (Lipinski definition) is 2. The summed E-state index contributed by atoms with van der Waals surface area (Å²) in [7, 11) is 0. The molecule has 4 nitrogen and oxygen atoms in total. The maximum atomic E-state index is 9.28. The first kappa shape index (κ1) is 7.24. The highest BCUT2D eigenvalue weighted by atomic mass is 16.7. The second-order valence-electron chi connectivity index (χ2n) is 2.46. The van der Waals surface area contributed by atoms with E-state index in [9.17, 15) is 5.11 Å². The average molecular weight is 168 g/mol. The zero-order valence-corrected chi connectivity index (χ0v) is 6.28. The Balaban J connectivity index is 2.57. The maximum absolute atomic E-state index is 9.28. The van der Waals surface area contributed by atoms with Gasteiger partial charge < -0.3 is 19.7 Å². The summed E-state index contributed by atoms with van der Waals surface area (Å²) in [5.41, 5.74) is 0.380. The van der Waals surface area contributed by atoms with Gasteiger partial charge >= 0.3 is 0 Å². The molecule has 1 heterocycles. The van der Waals surface area contributed by atoms with Crippen LogP contribution < -0.4 is 9.47 Å². The summed E-state index contributed by atoms with van der Waals surface area (Å²) >= 11 is 0. The number of ether oxygens (including phenoxy) is 2. The molecule has 64 valence electrons. The van der Waals surface area contributed by atoms with E-state index >= 15 is 0 Å². The molecule has 0 aromatic heterocycles. The van der Waals surface area contributed by atoms with E-state index in [1.807, 2.05) is 0 Å². The van der Waals surface area contributed by atoms with Gasteiger partial charge in [0, 0.05) is 0 Å². The Morgan fingerprint density at radius 2 is 2.17 bits per heavy atom. The highest BCUT2D eigenvalue weighted by Gasteiger charge is 2.19. The van der Waals surface area contributed by atoms with Crippen LogP contribution in [-0.4, -0.2) is 17.0 Å². The molecule has 1 aromatic carbocycles. The molecule has 12 heavy (non-hydrogen) atoms. The SMILES string of the molecule is OCc1c(O)ccc2c1OCO2. The van der Waals surface area contributed by atoms with Crippen LogP contribution in [0.5, 0.6) is 17.2 Å². The van der Waals surface area contributed by atoms with Crippen molar-refractivity contribution >= 4 is 0 Å². The number of fused-ring (bicyclic) bond motifs is 1. The molecule has 1 aromatic rings. The summed E-state index contributed by atoms with van der Waals surface area (Å²) in [5, 5.41) is 18.2. The molecule has 0 spiro atoms. The minimum atomic E-state index is -0.252. The molecule has 0 saturated carbocycles. The van der Waals surface area contributed by atoms with E-state index < -0.39 is 0 Å². The molecule has 0 saturated heterocycles. The molecule has 1 aliphatic heterocycles. The van der Waals surface area contributed by atoms with Gasteiger partial charge in [-0.3, -0.25) is 0 Å². The number of aliphatic hydroxyl groups excluding tert-OH is 1. The third-order valence-corrected chi connectivity index (χ3v) is 1.78. The van der Waals surface area contributed by atoms with E-state index in [1.54, 1.807) is 6.07 Å². The van der Waals surface area contributed by atoms with E-state index in [2.05, 4.69) is 0 Å². The van der Waals surface area contributed by atoms with E-state index in [1.165, 1.54) is 6.07 Å². The second kappa shape index (κ2) is 2.57. The summed E-state index contributed by atoms with van der Waals surface area (Å²) in [5.74, 6) is 1.04. The lowest BCUT2D eigenvalue weighted by atomic mass is 10.2. The van der Waals surface area contributed by atoms with Crippen LogP contribution >= 0.6 is 0 Å². The molecular weight excluding hydrogens is 160 g/mol. The van der Waals surface area contributed by atoms with Crippen molar-refractivity contribution in [3.8, 4) is 17.2 Å². The molecule has 0 fully saturated rings. The average Bonchev–Trinajstić information content (AvgIpc) is 2.52. The van der Waals surface area contributed by atoms with Crippen molar-refractivity contribution in [2.45, 2.75) is 6.61 Å². The first-order valence-corrected chi connectivity index (χ1v) is 3.54. The van der Waals surface area contributed by atoms with E-state index in [-0.39, 0.29) is 19.1 Å². The van der Waals surface area contributed by atoms with Gasteiger partial charge in [0.15, 0.2) is 11.5 Å². The normalized spacial score (nSPS) is 13.4. The maximum Gasteiger partial charge on any atom is 0.231 e. The van der Waals surface area contributed by atoms with Crippen LogP contribution in [0.3, 0.4) is 0 Å². The lowest BCUT2D eigenvalue weighted by molar-refractivity contribution is 0.171. The third-order valence-electron chi connectivity index (χ3n) is 1.78. The fourth-order valence-electron chi connectivity index (χ4n) is 1.17. The topological polar surface area (TPSA) is 58.9 Å². The van der Waals surface area contributed by atoms with E-state index in [4.69, 9.17) is 14.6 Å². The summed E-state index contributed by atoms with van der Waals surface area (Å²) in [6, 6.07) is 3.08. The van der Waals surface area contributed by atoms with Gasteiger partial charge in [-0.05, 0) is 12.1 Å². The van der Waals surface area contributed by atoms with Crippen molar-refractivity contribution in [1.29, 1.82) is 0 Å². The van der Waals surface area contributed by atoms with Gasteiger partial charge in [-0.1, -0.05) is 0 Å². The number of aromatic hydroxyl groups is 1. The number of aliphatic hydroxyl groups is 1. The minimum Gasteiger partial charge on any atom is -0.507 e. The van der Waals surface area contributed by atoms with Gasteiger partial charge in [0.1, 0.15) is 5.75 Å². The third kappa shape index (κ3) is 0.887. The molecule has 0 amide bonds. The molecular formula is C8H8O4. The Morgan fingerprint density at radius 3 is 2.92 bits per heavy atom. The lowest BCUT2D eigenvalue weighted by Gasteiger charge is -2.03. The summed E-state index contributed by atoms with van der Waals surface area (Å²) in [6.45, 7) is -0.107. The van der Waals surface area contributed by atoms with Gasteiger partial charge in [-0.15, -0.1) is 0 Å². The van der Waals surface area contributed by atoms with Crippen LogP contribution in [0, 0.1) is 0 Å². The van der Waals surface area contributed by atoms with Crippen molar-refractivity contribution in [3.05, 3.63) is 17.7 Å². The second-order valence-corrected chi connectivity index (χ2v) is 2.46. The number of benzene rings is 1. The zero-order chi connectivity index (χ0) is 8.55. The van der Waals surface area contributed by atoms with Crippen LogP contribution in [0.2, 0.25) is 0 Å². The highest BCUT2D eigenvalue weighted by molar-refractivity contribution is 5.54. The molecule has 0 unspecified atom stereocenters. The molecule has 0 bridgehead atoms. The first-order chi connectivity index (χ1) is 5.83. The van der Waals surface area contributed by atoms with Crippen molar-refractivity contribution in [2.75, 3.05) is 6.79 Å². The highest BCUT2D eigenvalue weighted by Crippen LogP contribution is 2.39.